The Balaban J connectivity index is 1.61. The average Bonchev–Trinajstić information content (AvgIpc) is 3.28. The van der Waals surface area contributed by atoms with E-state index in [1.54, 1.807) is 30.5 Å². The van der Waals surface area contributed by atoms with Crippen LogP contribution in [0, 0.1) is 27.7 Å². The molecule has 0 saturated heterocycles. The molecule has 0 bridgehead atoms. The molecule has 4 rings (SSSR count). The second-order valence-electron chi connectivity index (χ2n) is 10.2. The molecule has 10 nitrogen and oxygen atoms in total. The van der Waals surface area contributed by atoms with E-state index in [-0.39, 0.29) is 16.3 Å². The molecule has 1 N–H and O–H groups in total. The van der Waals surface area contributed by atoms with Crippen molar-refractivity contribution in [3.8, 4) is 22.9 Å². The van der Waals surface area contributed by atoms with Crippen molar-refractivity contribution in [2.45, 2.75) is 39.5 Å². The number of nitrogens with one attached hydrogen (secondary N) is 1. The van der Waals surface area contributed by atoms with E-state index in [2.05, 4.69) is 41.1 Å². The zero-order chi connectivity index (χ0) is 32.0. The first kappa shape index (κ1) is 32.2. The summed E-state index contributed by atoms with van der Waals surface area (Å²) in [7, 11) is -1.33. The highest BCUT2D eigenvalue weighted by molar-refractivity contribution is 7.92. The number of hydrogen-bond donors (Lipinski definition) is 1. The molecule has 0 radical (unpaired) electrons. The molecule has 0 unspecified atom stereocenters. The summed E-state index contributed by atoms with van der Waals surface area (Å²) in [5.74, 6) is 0.575. The number of methoxy groups -OCH3 is 2. The fourth-order valence-corrected chi connectivity index (χ4v) is 6.49. The van der Waals surface area contributed by atoms with Crippen molar-refractivity contribution in [1.82, 2.24) is 9.99 Å². The van der Waals surface area contributed by atoms with Crippen LogP contribution in [0.1, 0.15) is 35.0 Å². The molecule has 44 heavy (non-hydrogen) atoms. The first-order chi connectivity index (χ1) is 21.0. The molecule has 0 aliphatic rings. The summed E-state index contributed by atoms with van der Waals surface area (Å²) in [4.78, 5) is 13.1. The number of rotatable bonds is 12. The second kappa shape index (κ2) is 13.7. The molecule has 1 amide bonds. The Bertz CT molecular complexity index is 1760. The van der Waals surface area contributed by atoms with Gasteiger partial charge in [0.25, 0.3) is 15.9 Å². The van der Waals surface area contributed by atoms with Crippen molar-refractivity contribution < 1.29 is 27.4 Å². The van der Waals surface area contributed by atoms with Gasteiger partial charge in [-0.15, -0.1) is 0 Å². The van der Waals surface area contributed by atoms with Gasteiger partial charge in [-0.2, -0.15) is 5.10 Å². The average molecular weight is 619 g/mol. The lowest BCUT2D eigenvalue weighted by Gasteiger charge is -2.24. The van der Waals surface area contributed by atoms with Gasteiger partial charge in [-0.1, -0.05) is 18.2 Å². The van der Waals surface area contributed by atoms with Gasteiger partial charge in [-0.3, -0.25) is 9.10 Å². The summed E-state index contributed by atoms with van der Waals surface area (Å²) in [5.41, 5.74) is 8.98. The third-order valence-corrected chi connectivity index (χ3v) is 8.96. The zero-order valence-electron chi connectivity index (χ0n) is 26.0. The lowest BCUT2D eigenvalue weighted by Crippen LogP contribution is -2.39. The van der Waals surface area contributed by atoms with Crippen molar-refractivity contribution in [1.29, 1.82) is 0 Å². The third-order valence-electron chi connectivity index (χ3n) is 7.19. The highest BCUT2D eigenvalue weighted by Crippen LogP contribution is 2.33. The number of ether oxygens (including phenoxy) is 3. The third kappa shape index (κ3) is 6.73. The van der Waals surface area contributed by atoms with E-state index in [1.165, 1.54) is 32.4 Å². The van der Waals surface area contributed by atoms with Gasteiger partial charge < -0.3 is 18.8 Å². The first-order valence-corrected chi connectivity index (χ1v) is 15.5. The predicted molar refractivity (Wildman–Crippen MR) is 172 cm³/mol. The van der Waals surface area contributed by atoms with Crippen LogP contribution in [0.3, 0.4) is 0 Å². The Morgan fingerprint density at radius 3 is 2.20 bits per heavy atom. The summed E-state index contributed by atoms with van der Waals surface area (Å²) in [5, 5.41) is 4.17. The largest absolute Gasteiger partial charge is 0.494 e. The van der Waals surface area contributed by atoms with E-state index in [1.807, 2.05) is 32.9 Å². The molecule has 4 aromatic rings. The van der Waals surface area contributed by atoms with Crippen LogP contribution in [0.25, 0.3) is 5.69 Å². The number of carbonyl (C=O) groups is 1. The van der Waals surface area contributed by atoms with Gasteiger partial charge in [0, 0.05) is 23.0 Å². The molecule has 3 aromatic carbocycles. The quantitative estimate of drug-likeness (QED) is 0.167. The highest BCUT2D eigenvalue weighted by Gasteiger charge is 2.28. The van der Waals surface area contributed by atoms with Crippen molar-refractivity contribution in [3.63, 3.8) is 0 Å². The molecule has 1 aromatic heterocycles. The number of amides is 1. The minimum atomic E-state index is -4.22. The Morgan fingerprint density at radius 2 is 1.59 bits per heavy atom. The van der Waals surface area contributed by atoms with E-state index in [4.69, 9.17) is 14.2 Å². The number of anilines is 1. The van der Waals surface area contributed by atoms with Crippen molar-refractivity contribution >= 4 is 27.8 Å². The molecule has 0 fully saturated rings. The molecule has 1 heterocycles. The number of benzene rings is 3. The van der Waals surface area contributed by atoms with Crippen LogP contribution >= 0.6 is 0 Å². The van der Waals surface area contributed by atoms with Crippen LogP contribution in [0.4, 0.5) is 5.69 Å². The van der Waals surface area contributed by atoms with Gasteiger partial charge in [0.05, 0.1) is 43.3 Å². The Hall–Kier alpha value is -4.77. The Kier molecular flexibility index (Phi) is 10.00. The minimum Gasteiger partial charge on any atom is -0.494 e. The van der Waals surface area contributed by atoms with Crippen LogP contribution in [0.2, 0.25) is 0 Å². The fraction of sp³-hybridized carbons (Fsp3) is 0.273. The topological polar surface area (TPSA) is 111 Å². The van der Waals surface area contributed by atoms with E-state index >= 15 is 0 Å². The van der Waals surface area contributed by atoms with Crippen LogP contribution in [-0.2, 0) is 14.8 Å². The van der Waals surface area contributed by atoms with Crippen LogP contribution in [0.15, 0.2) is 76.7 Å². The maximum Gasteiger partial charge on any atom is 0.264 e. The molecule has 0 aliphatic heterocycles. The molecular weight excluding hydrogens is 580 g/mol. The van der Waals surface area contributed by atoms with E-state index in [9.17, 15) is 13.2 Å². The fourth-order valence-electron chi connectivity index (χ4n) is 5.05. The number of hydrazone groups is 1. The summed E-state index contributed by atoms with van der Waals surface area (Å²) >= 11 is 0. The minimum absolute atomic E-state index is 0.0701. The second-order valence-corrected chi connectivity index (χ2v) is 12.0. The number of hydrogen-bond acceptors (Lipinski definition) is 7. The first-order valence-electron chi connectivity index (χ1n) is 14.1. The smallest absolute Gasteiger partial charge is 0.264 e. The lowest BCUT2D eigenvalue weighted by molar-refractivity contribution is -0.119. The van der Waals surface area contributed by atoms with Gasteiger partial charge in [0.15, 0.2) is 11.5 Å². The molecule has 232 valence electrons. The van der Waals surface area contributed by atoms with Crippen molar-refractivity contribution in [3.05, 3.63) is 94.8 Å². The molecule has 0 atom stereocenters. The SMILES string of the molecule is CCOc1ccc(N(CC(=O)N/N=C\c2cc(C)n(-c3c(C)cccc3C)c2C)S(=O)(=O)c2ccc(OC)c(OC)c2)cc1. The van der Waals surface area contributed by atoms with E-state index in [0.29, 0.717) is 18.1 Å². The monoisotopic (exact) mass is 618 g/mol. The Labute approximate surface area is 258 Å². The van der Waals surface area contributed by atoms with Crippen molar-refractivity contribution in [2.75, 3.05) is 31.7 Å². The number of para-hydroxylation sites is 1. The summed E-state index contributed by atoms with van der Waals surface area (Å²) in [6.07, 6.45) is 1.56. The molecule has 0 spiro atoms. The number of aromatic nitrogens is 1. The highest BCUT2D eigenvalue weighted by atomic mass is 32.2. The summed E-state index contributed by atoms with van der Waals surface area (Å²) < 4.78 is 47.0. The van der Waals surface area contributed by atoms with Crippen LogP contribution in [0.5, 0.6) is 17.2 Å². The summed E-state index contributed by atoms with van der Waals surface area (Å²) in [6, 6.07) is 18.9. The van der Waals surface area contributed by atoms with E-state index < -0.39 is 22.5 Å². The molecule has 0 saturated carbocycles. The van der Waals surface area contributed by atoms with Gasteiger partial charge in [0.2, 0.25) is 0 Å². The number of sulfonamides is 1. The maximum absolute atomic E-state index is 13.9. The van der Waals surface area contributed by atoms with Crippen LogP contribution in [-0.4, -0.2) is 52.5 Å². The zero-order valence-corrected chi connectivity index (χ0v) is 26.9. The normalized spacial score (nSPS) is 11.4. The predicted octanol–water partition coefficient (Wildman–Crippen LogP) is 5.47. The van der Waals surface area contributed by atoms with Gasteiger partial charge in [-0.25, -0.2) is 13.8 Å². The van der Waals surface area contributed by atoms with Gasteiger partial charge in [-0.05, 0) is 88.2 Å². The van der Waals surface area contributed by atoms with Crippen LogP contribution < -0.4 is 23.9 Å². The molecule has 0 aliphatic carbocycles. The maximum atomic E-state index is 13.9. The molecular formula is C33H38N4O6S. The molecule has 11 heteroatoms. The number of carbonyl (C=O) groups excluding carboxylic acids is 1. The lowest BCUT2D eigenvalue weighted by atomic mass is 10.1. The van der Waals surface area contributed by atoms with Gasteiger partial charge >= 0.3 is 0 Å². The number of nitrogens with zero attached hydrogens (tertiary/aromatic N) is 3. The van der Waals surface area contributed by atoms with E-state index in [0.717, 1.165) is 38.1 Å². The van der Waals surface area contributed by atoms with Gasteiger partial charge in [0.1, 0.15) is 12.3 Å². The van der Waals surface area contributed by atoms with Crippen molar-refractivity contribution in [2.24, 2.45) is 5.10 Å². The standard InChI is InChI=1S/C33H38N4O6S/c1-8-43-28-14-12-27(13-15-28)36(44(39,40)29-16-17-30(41-6)31(19-29)42-7)21-32(38)35-34-20-26-18-24(4)37(25(26)5)33-22(2)10-9-11-23(33)3/h9-20H,8,21H2,1-7H3,(H,35,38)/b34-20-. The Morgan fingerprint density at radius 1 is 0.932 bits per heavy atom. The summed E-state index contributed by atoms with van der Waals surface area (Å²) in [6.45, 7) is 9.94. The number of aryl methyl sites for hydroxylation is 3.